The lowest BCUT2D eigenvalue weighted by molar-refractivity contribution is 0.0376. The van der Waals surface area contributed by atoms with Crippen molar-refractivity contribution >= 4 is 32.6 Å². The number of amides is 1. The quantitative estimate of drug-likeness (QED) is 0.342. The number of morpholine rings is 1. The molecule has 0 aliphatic carbocycles. The van der Waals surface area contributed by atoms with Gasteiger partial charge in [0.15, 0.2) is 16.6 Å². The number of rotatable bonds is 12. The van der Waals surface area contributed by atoms with Crippen molar-refractivity contribution in [3.8, 4) is 17.2 Å². The van der Waals surface area contributed by atoms with Crippen LogP contribution in [0.15, 0.2) is 36.4 Å². The van der Waals surface area contributed by atoms with Crippen molar-refractivity contribution < 1.29 is 23.7 Å². The summed E-state index contributed by atoms with van der Waals surface area (Å²) in [4.78, 5) is 22.9. The van der Waals surface area contributed by atoms with E-state index in [0.29, 0.717) is 54.3 Å². The molecule has 8 nitrogen and oxygen atoms in total. The number of ether oxygens (including phenoxy) is 4. The van der Waals surface area contributed by atoms with E-state index in [-0.39, 0.29) is 5.91 Å². The monoisotopic (exact) mass is 513 g/mol. The van der Waals surface area contributed by atoms with Gasteiger partial charge in [-0.2, -0.15) is 0 Å². The molecular formula is C27H35N3O5S. The Hall–Kier alpha value is -2.88. The number of benzene rings is 2. The first kappa shape index (κ1) is 26.2. The zero-order valence-corrected chi connectivity index (χ0v) is 22.1. The van der Waals surface area contributed by atoms with Crippen molar-refractivity contribution in [2.75, 3.05) is 64.1 Å². The maximum Gasteiger partial charge on any atom is 0.260 e. The molecule has 1 fully saturated rings. The molecule has 2 heterocycles. The molecule has 0 spiro atoms. The summed E-state index contributed by atoms with van der Waals surface area (Å²) in [6, 6.07) is 11.5. The van der Waals surface area contributed by atoms with Gasteiger partial charge >= 0.3 is 0 Å². The Labute approximate surface area is 216 Å². The second kappa shape index (κ2) is 12.9. The molecule has 1 amide bonds. The van der Waals surface area contributed by atoms with Gasteiger partial charge in [-0.25, -0.2) is 4.98 Å². The Morgan fingerprint density at radius 2 is 1.69 bits per heavy atom. The first-order chi connectivity index (χ1) is 17.6. The van der Waals surface area contributed by atoms with Crippen molar-refractivity contribution in [3.05, 3.63) is 42.0 Å². The molecule has 9 heteroatoms. The van der Waals surface area contributed by atoms with Gasteiger partial charge in [0.2, 0.25) is 5.75 Å². The van der Waals surface area contributed by atoms with Gasteiger partial charge in [0.05, 0.1) is 43.3 Å². The van der Waals surface area contributed by atoms with Gasteiger partial charge in [-0.3, -0.25) is 14.6 Å². The van der Waals surface area contributed by atoms with Gasteiger partial charge in [-0.1, -0.05) is 23.5 Å². The SMILES string of the molecule is CCOc1cc(C(=O)N(CCCN2CCOCC2)c2nc3ccccc3s2)cc(OCC)c1OCC. The highest BCUT2D eigenvalue weighted by atomic mass is 32.1. The fourth-order valence-electron chi connectivity index (χ4n) is 4.20. The van der Waals surface area contributed by atoms with E-state index in [2.05, 4.69) is 4.90 Å². The molecular weight excluding hydrogens is 478 g/mol. The van der Waals surface area contributed by atoms with E-state index in [1.165, 1.54) is 11.3 Å². The van der Waals surface area contributed by atoms with Gasteiger partial charge in [-0.05, 0) is 51.5 Å². The summed E-state index contributed by atoms with van der Waals surface area (Å²) in [6.07, 6.45) is 0.829. The molecule has 1 aromatic heterocycles. The van der Waals surface area contributed by atoms with Crippen LogP contribution in [-0.2, 0) is 4.74 Å². The summed E-state index contributed by atoms with van der Waals surface area (Å²) >= 11 is 1.53. The van der Waals surface area contributed by atoms with Crippen LogP contribution in [0.5, 0.6) is 17.2 Å². The average molecular weight is 514 g/mol. The minimum absolute atomic E-state index is 0.138. The van der Waals surface area contributed by atoms with Crippen LogP contribution in [0, 0.1) is 0 Å². The Kier molecular flexibility index (Phi) is 9.38. The summed E-state index contributed by atoms with van der Waals surface area (Å²) < 4.78 is 24.1. The van der Waals surface area contributed by atoms with E-state index in [9.17, 15) is 4.79 Å². The molecule has 0 radical (unpaired) electrons. The predicted molar refractivity (Wildman–Crippen MR) is 143 cm³/mol. The number of anilines is 1. The molecule has 0 bridgehead atoms. The van der Waals surface area contributed by atoms with Crippen molar-refractivity contribution in [2.24, 2.45) is 0 Å². The smallest absolute Gasteiger partial charge is 0.260 e. The average Bonchev–Trinajstić information content (AvgIpc) is 3.33. The van der Waals surface area contributed by atoms with Gasteiger partial charge < -0.3 is 18.9 Å². The molecule has 4 rings (SSSR count). The van der Waals surface area contributed by atoms with E-state index in [0.717, 1.165) is 49.5 Å². The van der Waals surface area contributed by atoms with Gasteiger partial charge in [0, 0.05) is 31.7 Å². The number of nitrogens with zero attached hydrogens (tertiary/aromatic N) is 3. The molecule has 36 heavy (non-hydrogen) atoms. The van der Waals surface area contributed by atoms with Crippen LogP contribution in [-0.4, -0.2) is 75.0 Å². The number of hydrogen-bond acceptors (Lipinski definition) is 8. The Balaban J connectivity index is 1.66. The highest BCUT2D eigenvalue weighted by Crippen LogP contribution is 2.40. The third-order valence-corrected chi connectivity index (χ3v) is 6.93. The van der Waals surface area contributed by atoms with Crippen LogP contribution in [0.3, 0.4) is 0 Å². The Morgan fingerprint density at radius 3 is 2.33 bits per heavy atom. The molecule has 0 atom stereocenters. The number of aromatic nitrogens is 1. The second-order valence-electron chi connectivity index (χ2n) is 8.33. The molecule has 194 valence electrons. The normalized spacial score (nSPS) is 14.1. The maximum atomic E-state index is 14.0. The molecule has 1 aliphatic heterocycles. The van der Waals surface area contributed by atoms with Crippen LogP contribution in [0.4, 0.5) is 5.13 Å². The Morgan fingerprint density at radius 1 is 1.03 bits per heavy atom. The molecule has 2 aromatic carbocycles. The highest BCUT2D eigenvalue weighted by molar-refractivity contribution is 7.22. The van der Waals surface area contributed by atoms with Crippen LogP contribution in [0.1, 0.15) is 37.6 Å². The van der Waals surface area contributed by atoms with E-state index >= 15 is 0 Å². The number of hydrogen-bond donors (Lipinski definition) is 0. The third-order valence-electron chi connectivity index (χ3n) is 5.87. The lowest BCUT2D eigenvalue weighted by atomic mass is 10.1. The minimum atomic E-state index is -0.138. The first-order valence-electron chi connectivity index (χ1n) is 12.7. The summed E-state index contributed by atoms with van der Waals surface area (Å²) in [6.45, 7) is 11.9. The molecule has 0 saturated carbocycles. The van der Waals surface area contributed by atoms with Gasteiger partial charge in [-0.15, -0.1) is 0 Å². The summed E-state index contributed by atoms with van der Waals surface area (Å²) in [5, 5.41) is 0.688. The van der Waals surface area contributed by atoms with Crippen molar-refractivity contribution in [3.63, 3.8) is 0 Å². The fraction of sp³-hybridized carbons (Fsp3) is 0.481. The number of carbonyl (C=O) groups is 1. The lowest BCUT2D eigenvalue weighted by Gasteiger charge is -2.28. The van der Waals surface area contributed by atoms with E-state index in [1.807, 2.05) is 45.0 Å². The summed E-state index contributed by atoms with van der Waals surface area (Å²) in [7, 11) is 0. The van der Waals surface area contributed by atoms with Crippen molar-refractivity contribution in [1.82, 2.24) is 9.88 Å². The number of para-hydroxylation sites is 1. The first-order valence-corrected chi connectivity index (χ1v) is 13.5. The van der Waals surface area contributed by atoms with Crippen molar-refractivity contribution in [2.45, 2.75) is 27.2 Å². The largest absolute Gasteiger partial charge is 0.490 e. The molecule has 3 aromatic rings. The molecule has 1 saturated heterocycles. The lowest BCUT2D eigenvalue weighted by Crippen LogP contribution is -2.39. The third kappa shape index (κ3) is 6.27. The van der Waals surface area contributed by atoms with E-state index in [1.54, 1.807) is 17.0 Å². The number of fused-ring (bicyclic) bond motifs is 1. The Bertz CT molecular complexity index is 1090. The summed E-state index contributed by atoms with van der Waals surface area (Å²) in [5.41, 5.74) is 1.37. The van der Waals surface area contributed by atoms with Crippen LogP contribution in [0.2, 0.25) is 0 Å². The molecule has 0 N–H and O–H groups in total. The summed E-state index contributed by atoms with van der Waals surface area (Å²) in [5.74, 6) is 1.40. The zero-order valence-electron chi connectivity index (χ0n) is 21.3. The van der Waals surface area contributed by atoms with E-state index in [4.69, 9.17) is 23.9 Å². The maximum absolute atomic E-state index is 14.0. The molecule has 1 aliphatic rings. The minimum Gasteiger partial charge on any atom is -0.490 e. The highest BCUT2D eigenvalue weighted by Gasteiger charge is 2.25. The van der Waals surface area contributed by atoms with E-state index < -0.39 is 0 Å². The van der Waals surface area contributed by atoms with Gasteiger partial charge in [0.25, 0.3) is 5.91 Å². The second-order valence-corrected chi connectivity index (χ2v) is 9.34. The molecule has 0 unspecified atom stereocenters. The number of carbonyl (C=O) groups excluding carboxylic acids is 1. The predicted octanol–water partition coefficient (Wildman–Crippen LogP) is 4.86. The van der Waals surface area contributed by atoms with Crippen LogP contribution >= 0.6 is 11.3 Å². The van der Waals surface area contributed by atoms with Crippen LogP contribution in [0.25, 0.3) is 10.2 Å². The number of thiazole rings is 1. The van der Waals surface area contributed by atoms with Gasteiger partial charge in [0.1, 0.15) is 0 Å². The van der Waals surface area contributed by atoms with Crippen molar-refractivity contribution in [1.29, 1.82) is 0 Å². The zero-order chi connectivity index (χ0) is 25.3. The van der Waals surface area contributed by atoms with Crippen LogP contribution < -0.4 is 19.1 Å². The fourth-order valence-corrected chi connectivity index (χ4v) is 5.19. The topological polar surface area (TPSA) is 73.4 Å². The standard InChI is InChI=1S/C27H35N3O5S/c1-4-33-22-18-20(19-23(34-5-2)25(22)35-6-3)26(31)30(13-9-12-29-14-16-32-17-15-29)27-28-21-10-7-8-11-24(21)36-27/h7-8,10-11,18-19H,4-6,9,12-17H2,1-3H3.